The van der Waals surface area contributed by atoms with E-state index in [-0.39, 0.29) is 5.92 Å². The van der Waals surface area contributed by atoms with E-state index in [1.54, 1.807) is 6.20 Å². The van der Waals surface area contributed by atoms with Gasteiger partial charge in [0.05, 0.1) is 0 Å². The predicted molar refractivity (Wildman–Crippen MR) is 73.1 cm³/mol. The molecule has 0 saturated heterocycles. The van der Waals surface area contributed by atoms with Gasteiger partial charge in [-0.15, -0.1) is 0 Å². The molecule has 1 aliphatic rings. The molecule has 0 atom stereocenters. The molecule has 2 aromatic rings. The van der Waals surface area contributed by atoms with E-state index in [1.165, 1.54) is 0 Å². The first-order chi connectivity index (χ1) is 9.78. The number of aryl methyl sites for hydroxylation is 1. The zero-order valence-electron chi connectivity index (χ0n) is 11.5. The molecule has 0 aliphatic heterocycles. The highest BCUT2D eigenvalue weighted by Crippen LogP contribution is 2.31. The Morgan fingerprint density at radius 2 is 2.15 bits per heavy atom. The van der Waals surface area contributed by atoms with Crippen molar-refractivity contribution in [2.24, 2.45) is 0 Å². The van der Waals surface area contributed by atoms with Crippen LogP contribution in [0.1, 0.15) is 50.0 Å². The molecule has 20 heavy (non-hydrogen) atoms. The van der Waals surface area contributed by atoms with Gasteiger partial charge in [0.2, 0.25) is 11.7 Å². The highest BCUT2D eigenvalue weighted by atomic mass is 16.5. The van der Waals surface area contributed by atoms with Crippen molar-refractivity contribution in [1.29, 1.82) is 0 Å². The van der Waals surface area contributed by atoms with E-state index < -0.39 is 0 Å². The van der Waals surface area contributed by atoms with E-state index in [4.69, 9.17) is 4.52 Å². The second-order valence-electron chi connectivity index (χ2n) is 5.13. The van der Waals surface area contributed by atoms with Gasteiger partial charge in [0, 0.05) is 25.0 Å². The molecule has 1 saturated carbocycles. The van der Waals surface area contributed by atoms with Crippen LogP contribution in [0.2, 0.25) is 0 Å². The van der Waals surface area contributed by atoms with Crippen LogP contribution in [0.5, 0.6) is 0 Å². The van der Waals surface area contributed by atoms with Crippen molar-refractivity contribution in [2.75, 3.05) is 0 Å². The number of Topliss-reactive ketones (excluding diaryl/α,β-unsaturated/α-hetero) is 1. The summed E-state index contributed by atoms with van der Waals surface area (Å²) in [4.78, 5) is 20.1. The number of hydrogen-bond donors (Lipinski definition) is 0. The van der Waals surface area contributed by atoms with Crippen LogP contribution in [0.3, 0.4) is 0 Å². The summed E-state index contributed by atoms with van der Waals surface area (Å²) in [5.74, 6) is 1.73. The van der Waals surface area contributed by atoms with Gasteiger partial charge < -0.3 is 4.52 Å². The Hall–Kier alpha value is -2.04. The van der Waals surface area contributed by atoms with E-state index in [2.05, 4.69) is 22.0 Å². The Morgan fingerprint density at radius 3 is 2.90 bits per heavy atom. The molecule has 0 spiro atoms. The van der Waals surface area contributed by atoms with Gasteiger partial charge in [-0.3, -0.25) is 9.78 Å². The number of aromatic nitrogens is 3. The van der Waals surface area contributed by atoms with Crippen LogP contribution in [-0.4, -0.2) is 20.9 Å². The minimum atomic E-state index is 0.211. The zero-order chi connectivity index (χ0) is 13.9. The lowest BCUT2D eigenvalue weighted by Gasteiger charge is -2.16. The Bertz CT molecular complexity index is 611. The quantitative estimate of drug-likeness (QED) is 0.858. The van der Waals surface area contributed by atoms with Crippen molar-refractivity contribution in [3.05, 3.63) is 29.8 Å². The molecule has 2 aromatic heterocycles. The predicted octanol–water partition coefficient (Wildman–Crippen LogP) is 2.92. The molecular formula is C15H17N3O2. The molecule has 0 radical (unpaired) electrons. The number of hydrogen-bond acceptors (Lipinski definition) is 5. The maximum atomic E-state index is 11.3. The SMILES string of the molecule is CCc1cccnc1-c1noc(C2CCC(=O)CC2)n1. The van der Waals surface area contributed by atoms with Crippen molar-refractivity contribution in [2.45, 2.75) is 44.9 Å². The molecule has 0 N–H and O–H groups in total. The summed E-state index contributed by atoms with van der Waals surface area (Å²) in [7, 11) is 0. The molecule has 0 unspecified atom stereocenters. The highest BCUT2D eigenvalue weighted by molar-refractivity contribution is 5.79. The molecule has 0 amide bonds. The maximum absolute atomic E-state index is 11.3. The molecule has 5 heteroatoms. The third-order valence-electron chi connectivity index (χ3n) is 3.82. The fraction of sp³-hybridized carbons (Fsp3) is 0.467. The monoisotopic (exact) mass is 271 g/mol. The summed E-state index contributed by atoms with van der Waals surface area (Å²) >= 11 is 0. The number of rotatable bonds is 3. The van der Waals surface area contributed by atoms with Crippen molar-refractivity contribution in [3.8, 4) is 11.5 Å². The molecule has 1 aliphatic carbocycles. The summed E-state index contributed by atoms with van der Waals surface area (Å²) in [5.41, 5.74) is 1.90. The maximum Gasteiger partial charge on any atom is 0.230 e. The van der Waals surface area contributed by atoms with Gasteiger partial charge in [-0.05, 0) is 30.9 Å². The molecule has 2 heterocycles. The number of nitrogens with zero attached hydrogens (tertiary/aromatic N) is 3. The molecule has 5 nitrogen and oxygen atoms in total. The zero-order valence-corrected chi connectivity index (χ0v) is 11.5. The Balaban J connectivity index is 1.85. The molecule has 1 fully saturated rings. The molecular weight excluding hydrogens is 254 g/mol. The van der Waals surface area contributed by atoms with Crippen LogP contribution in [-0.2, 0) is 11.2 Å². The Kier molecular flexibility index (Phi) is 3.58. The lowest BCUT2D eigenvalue weighted by atomic mass is 9.88. The molecule has 104 valence electrons. The van der Waals surface area contributed by atoms with E-state index in [1.807, 2.05) is 12.1 Å². The summed E-state index contributed by atoms with van der Waals surface area (Å²) in [5, 5.41) is 4.06. The van der Waals surface area contributed by atoms with Crippen molar-refractivity contribution >= 4 is 5.78 Å². The van der Waals surface area contributed by atoms with Crippen LogP contribution in [0, 0.1) is 0 Å². The minimum Gasteiger partial charge on any atom is -0.339 e. The average molecular weight is 271 g/mol. The molecule has 3 rings (SSSR count). The summed E-state index contributed by atoms with van der Waals surface area (Å²) in [6.07, 6.45) is 5.47. The lowest BCUT2D eigenvalue weighted by molar-refractivity contribution is -0.120. The first kappa shape index (κ1) is 13.0. The minimum absolute atomic E-state index is 0.211. The smallest absolute Gasteiger partial charge is 0.230 e. The van der Waals surface area contributed by atoms with E-state index in [0.717, 1.165) is 30.5 Å². The van der Waals surface area contributed by atoms with E-state index in [0.29, 0.717) is 30.3 Å². The third-order valence-corrected chi connectivity index (χ3v) is 3.82. The van der Waals surface area contributed by atoms with Gasteiger partial charge >= 0.3 is 0 Å². The fourth-order valence-corrected chi connectivity index (χ4v) is 2.61. The number of ketones is 1. The Morgan fingerprint density at radius 1 is 1.35 bits per heavy atom. The van der Waals surface area contributed by atoms with Gasteiger partial charge in [-0.1, -0.05) is 18.1 Å². The first-order valence-electron chi connectivity index (χ1n) is 7.07. The van der Waals surface area contributed by atoms with E-state index >= 15 is 0 Å². The second-order valence-corrected chi connectivity index (χ2v) is 5.13. The van der Waals surface area contributed by atoms with Crippen LogP contribution in [0.4, 0.5) is 0 Å². The summed E-state index contributed by atoms with van der Waals surface area (Å²) in [6.45, 7) is 2.08. The normalized spacial score (nSPS) is 16.6. The average Bonchev–Trinajstić information content (AvgIpc) is 2.97. The third kappa shape index (κ3) is 2.48. The fourth-order valence-electron chi connectivity index (χ4n) is 2.61. The Labute approximate surface area is 117 Å². The lowest BCUT2D eigenvalue weighted by Crippen LogP contribution is -2.12. The summed E-state index contributed by atoms with van der Waals surface area (Å²) < 4.78 is 5.38. The largest absolute Gasteiger partial charge is 0.339 e. The molecule has 0 aromatic carbocycles. The van der Waals surface area contributed by atoms with Crippen LogP contribution in [0.25, 0.3) is 11.5 Å². The number of pyridine rings is 1. The highest BCUT2D eigenvalue weighted by Gasteiger charge is 2.25. The standard InChI is InChI=1S/C15H17N3O2/c1-2-10-4-3-9-16-13(10)14-17-15(20-18-14)11-5-7-12(19)8-6-11/h3-4,9,11H,2,5-8H2,1H3. The van der Waals surface area contributed by atoms with Crippen LogP contribution in [0.15, 0.2) is 22.9 Å². The summed E-state index contributed by atoms with van der Waals surface area (Å²) in [6, 6.07) is 3.94. The van der Waals surface area contributed by atoms with Gasteiger partial charge in [0.25, 0.3) is 0 Å². The van der Waals surface area contributed by atoms with Gasteiger partial charge in [0.15, 0.2) is 0 Å². The number of carbonyl (C=O) groups excluding carboxylic acids is 1. The van der Waals surface area contributed by atoms with Gasteiger partial charge in [-0.2, -0.15) is 4.98 Å². The van der Waals surface area contributed by atoms with Crippen LogP contribution >= 0.6 is 0 Å². The van der Waals surface area contributed by atoms with Gasteiger partial charge in [-0.25, -0.2) is 0 Å². The van der Waals surface area contributed by atoms with Gasteiger partial charge in [0.1, 0.15) is 11.5 Å². The first-order valence-corrected chi connectivity index (χ1v) is 7.07. The van der Waals surface area contributed by atoms with E-state index in [9.17, 15) is 4.79 Å². The van der Waals surface area contributed by atoms with Crippen molar-refractivity contribution in [1.82, 2.24) is 15.1 Å². The second kappa shape index (κ2) is 5.53. The number of carbonyl (C=O) groups is 1. The van der Waals surface area contributed by atoms with Crippen LogP contribution < -0.4 is 0 Å². The molecule has 0 bridgehead atoms. The van der Waals surface area contributed by atoms with Crippen molar-refractivity contribution < 1.29 is 9.32 Å². The van der Waals surface area contributed by atoms with Crippen molar-refractivity contribution in [3.63, 3.8) is 0 Å². The topological polar surface area (TPSA) is 68.9 Å².